The first-order valence-electron chi connectivity index (χ1n) is 9.58. The number of methoxy groups -OCH3 is 1. The number of ketones is 1. The molecule has 0 bridgehead atoms. The molecule has 1 aliphatic heterocycles. The van der Waals surface area contributed by atoms with Crippen molar-refractivity contribution in [2.75, 3.05) is 32.1 Å². The van der Waals surface area contributed by atoms with Gasteiger partial charge in [0.15, 0.2) is 5.78 Å². The topological polar surface area (TPSA) is 75.7 Å². The average molecular weight is 449 g/mol. The Kier molecular flexibility index (Phi) is 7.48. The highest BCUT2D eigenvalue weighted by Crippen LogP contribution is 2.31. The van der Waals surface area contributed by atoms with Crippen molar-refractivity contribution < 1.29 is 19.1 Å². The lowest BCUT2D eigenvalue weighted by atomic mass is 9.89. The molecule has 158 valence electrons. The Labute approximate surface area is 185 Å². The predicted molar refractivity (Wildman–Crippen MR) is 116 cm³/mol. The largest absolute Gasteiger partial charge is 0.465 e. The van der Waals surface area contributed by atoms with Gasteiger partial charge in [0.1, 0.15) is 0 Å². The van der Waals surface area contributed by atoms with Crippen molar-refractivity contribution in [2.24, 2.45) is 5.92 Å². The summed E-state index contributed by atoms with van der Waals surface area (Å²) < 4.78 is 4.74. The van der Waals surface area contributed by atoms with E-state index in [1.807, 2.05) is 35.2 Å². The quantitative estimate of drug-likeness (QED) is 0.526. The van der Waals surface area contributed by atoms with Crippen LogP contribution in [0.3, 0.4) is 0 Å². The number of anilines is 1. The number of carbonyl (C=O) groups excluding carboxylic acids is 3. The molecule has 1 heterocycles. The lowest BCUT2D eigenvalue weighted by Crippen LogP contribution is -2.41. The predicted octanol–water partition coefficient (Wildman–Crippen LogP) is 4.31. The van der Waals surface area contributed by atoms with Crippen LogP contribution in [-0.2, 0) is 9.53 Å². The van der Waals surface area contributed by atoms with Gasteiger partial charge in [-0.2, -0.15) is 0 Å². The highest BCUT2D eigenvalue weighted by Gasteiger charge is 2.27. The van der Waals surface area contributed by atoms with E-state index >= 15 is 0 Å². The minimum Gasteiger partial charge on any atom is -0.465 e. The monoisotopic (exact) mass is 448 g/mol. The molecule has 0 unspecified atom stereocenters. The van der Waals surface area contributed by atoms with E-state index in [0.717, 1.165) is 5.56 Å². The van der Waals surface area contributed by atoms with Crippen LogP contribution in [0.4, 0.5) is 5.69 Å². The molecule has 6 nitrogen and oxygen atoms in total. The Hall–Kier alpha value is -2.41. The molecule has 8 heteroatoms. The number of hydrogen-bond acceptors (Lipinski definition) is 5. The second kappa shape index (κ2) is 10.1. The minimum atomic E-state index is -0.644. The number of nitrogens with one attached hydrogen (secondary N) is 1. The maximum Gasteiger partial charge on any atom is 0.340 e. The zero-order chi connectivity index (χ0) is 21.7. The minimum absolute atomic E-state index is 0.0386. The van der Waals surface area contributed by atoms with Gasteiger partial charge >= 0.3 is 5.97 Å². The van der Waals surface area contributed by atoms with Crippen molar-refractivity contribution in [3.05, 3.63) is 63.6 Å². The number of benzene rings is 2. The smallest absolute Gasteiger partial charge is 0.340 e. The Balaban J connectivity index is 1.58. The van der Waals surface area contributed by atoms with Crippen molar-refractivity contribution in [1.29, 1.82) is 0 Å². The zero-order valence-electron chi connectivity index (χ0n) is 16.5. The third kappa shape index (κ3) is 5.39. The molecular formula is C22H22Cl2N2O4. The molecule has 2 aromatic carbocycles. The highest BCUT2D eigenvalue weighted by atomic mass is 35.5. The number of piperidine rings is 1. The Morgan fingerprint density at radius 3 is 2.40 bits per heavy atom. The first-order valence-corrected chi connectivity index (χ1v) is 10.3. The number of halogens is 2. The van der Waals surface area contributed by atoms with Crippen molar-refractivity contribution in [3.63, 3.8) is 0 Å². The number of esters is 1. The summed E-state index contributed by atoms with van der Waals surface area (Å²) in [5, 5.41) is 3.11. The van der Waals surface area contributed by atoms with E-state index < -0.39 is 5.97 Å². The van der Waals surface area contributed by atoms with Crippen molar-refractivity contribution >= 4 is 46.5 Å². The summed E-state index contributed by atoms with van der Waals surface area (Å²) in [6.07, 6.45) is 1.38. The van der Waals surface area contributed by atoms with Gasteiger partial charge in [0.2, 0.25) is 5.91 Å². The number of carbonyl (C=O) groups is 3. The third-order valence-corrected chi connectivity index (χ3v) is 5.62. The SMILES string of the molecule is COC(=O)c1cc(Cl)cc(Cl)c1NC(=O)CN1CCC(C(=O)c2ccccc2)CC1. The molecule has 0 aromatic heterocycles. The van der Waals surface area contributed by atoms with E-state index in [4.69, 9.17) is 27.9 Å². The Bertz CT molecular complexity index is 942. The molecule has 1 N–H and O–H groups in total. The highest BCUT2D eigenvalue weighted by molar-refractivity contribution is 6.37. The number of hydrogen-bond donors (Lipinski definition) is 1. The van der Waals surface area contributed by atoms with Crippen LogP contribution in [0.2, 0.25) is 10.0 Å². The number of ether oxygens (including phenoxy) is 1. The van der Waals surface area contributed by atoms with E-state index in [9.17, 15) is 14.4 Å². The fourth-order valence-electron chi connectivity index (χ4n) is 3.55. The van der Waals surface area contributed by atoms with Gasteiger partial charge in [-0.05, 0) is 38.1 Å². The van der Waals surface area contributed by atoms with Crippen LogP contribution >= 0.6 is 23.2 Å². The molecule has 2 aromatic rings. The average Bonchev–Trinajstić information content (AvgIpc) is 2.75. The maximum absolute atomic E-state index is 12.6. The summed E-state index contributed by atoms with van der Waals surface area (Å²) in [4.78, 5) is 39.1. The van der Waals surface area contributed by atoms with Crippen molar-refractivity contribution in [1.82, 2.24) is 4.90 Å². The lowest BCUT2D eigenvalue weighted by molar-refractivity contribution is -0.117. The molecule has 1 saturated heterocycles. The van der Waals surface area contributed by atoms with Crippen LogP contribution in [0.1, 0.15) is 33.6 Å². The molecule has 0 radical (unpaired) electrons. The summed E-state index contributed by atoms with van der Waals surface area (Å²) in [6.45, 7) is 1.40. The van der Waals surface area contributed by atoms with Crippen molar-refractivity contribution in [3.8, 4) is 0 Å². The number of nitrogens with zero attached hydrogens (tertiary/aromatic N) is 1. The van der Waals surface area contributed by atoms with Crippen LogP contribution in [-0.4, -0.2) is 49.3 Å². The number of Topliss-reactive ketones (excluding diaryl/α,β-unsaturated/α-hetero) is 1. The first-order chi connectivity index (χ1) is 14.4. The molecule has 1 fully saturated rings. The maximum atomic E-state index is 12.6. The summed E-state index contributed by atoms with van der Waals surface area (Å²) in [6, 6.07) is 12.1. The van der Waals surface area contributed by atoms with Crippen LogP contribution < -0.4 is 5.32 Å². The fraction of sp³-hybridized carbons (Fsp3) is 0.318. The van der Waals surface area contributed by atoms with E-state index in [2.05, 4.69) is 5.32 Å². The fourth-order valence-corrected chi connectivity index (χ4v) is 4.09. The lowest BCUT2D eigenvalue weighted by Gasteiger charge is -2.30. The van der Waals surface area contributed by atoms with Gasteiger partial charge in [-0.15, -0.1) is 0 Å². The second-order valence-electron chi connectivity index (χ2n) is 7.13. The van der Waals surface area contributed by atoms with E-state index in [1.54, 1.807) is 0 Å². The van der Waals surface area contributed by atoms with Gasteiger partial charge in [-0.1, -0.05) is 53.5 Å². The number of amides is 1. The molecule has 3 rings (SSSR count). The van der Waals surface area contributed by atoms with Gasteiger partial charge in [0.25, 0.3) is 0 Å². The van der Waals surface area contributed by atoms with E-state index in [1.165, 1.54) is 19.2 Å². The van der Waals surface area contributed by atoms with Gasteiger partial charge in [0.05, 0.1) is 29.9 Å². The Morgan fingerprint density at radius 1 is 1.10 bits per heavy atom. The van der Waals surface area contributed by atoms with Crippen LogP contribution in [0, 0.1) is 5.92 Å². The molecule has 30 heavy (non-hydrogen) atoms. The van der Waals surface area contributed by atoms with Gasteiger partial charge in [-0.3, -0.25) is 14.5 Å². The van der Waals surface area contributed by atoms with Gasteiger partial charge in [-0.25, -0.2) is 4.79 Å². The molecule has 0 spiro atoms. The summed E-state index contributed by atoms with van der Waals surface area (Å²) in [5.41, 5.74) is 0.990. The van der Waals surface area contributed by atoms with Crippen LogP contribution in [0.5, 0.6) is 0 Å². The molecule has 1 aliphatic rings. The van der Waals surface area contributed by atoms with E-state index in [-0.39, 0.29) is 45.4 Å². The molecule has 0 atom stereocenters. The number of rotatable bonds is 6. The van der Waals surface area contributed by atoms with Crippen molar-refractivity contribution in [2.45, 2.75) is 12.8 Å². The normalized spacial score (nSPS) is 14.9. The van der Waals surface area contributed by atoms with Gasteiger partial charge < -0.3 is 10.1 Å². The Morgan fingerprint density at radius 2 is 1.77 bits per heavy atom. The third-order valence-electron chi connectivity index (χ3n) is 5.11. The summed E-state index contributed by atoms with van der Waals surface area (Å²) >= 11 is 12.1. The van der Waals surface area contributed by atoms with Crippen LogP contribution in [0.25, 0.3) is 0 Å². The van der Waals surface area contributed by atoms with Gasteiger partial charge in [0, 0.05) is 16.5 Å². The second-order valence-corrected chi connectivity index (χ2v) is 7.97. The molecule has 0 aliphatic carbocycles. The summed E-state index contributed by atoms with van der Waals surface area (Å²) in [7, 11) is 1.24. The molecule has 0 saturated carbocycles. The molecular weight excluding hydrogens is 427 g/mol. The zero-order valence-corrected chi connectivity index (χ0v) is 18.0. The van der Waals surface area contributed by atoms with E-state index in [0.29, 0.717) is 25.9 Å². The number of likely N-dealkylation sites (tertiary alicyclic amines) is 1. The standard InChI is InChI=1S/C22H22Cl2N2O4/c1-30-22(29)17-11-16(23)12-18(24)20(17)25-19(27)13-26-9-7-15(8-10-26)21(28)14-5-3-2-4-6-14/h2-6,11-12,15H,7-10,13H2,1H3,(H,25,27). The first kappa shape index (κ1) is 22.3. The summed E-state index contributed by atoms with van der Waals surface area (Å²) in [5.74, 6) is -0.842. The molecule has 1 amide bonds. The van der Waals surface area contributed by atoms with Crippen LogP contribution in [0.15, 0.2) is 42.5 Å².